The molecule has 0 saturated carbocycles. The molecular formula is C21H31FN2O4. The number of Topliss-reactive ketones (excluding diaryl/α,β-unsaturated/α-hetero) is 1. The molecule has 0 aliphatic heterocycles. The Morgan fingerprint density at radius 2 is 1.64 bits per heavy atom. The molecular weight excluding hydrogens is 363 g/mol. The molecule has 0 saturated heterocycles. The Kier molecular flexibility index (Phi) is 9.09. The van der Waals surface area contributed by atoms with Crippen molar-refractivity contribution in [2.75, 3.05) is 6.67 Å². The highest BCUT2D eigenvalue weighted by molar-refractivity contribution is 5.92. The Hall–Kier alpha value is -2.44. The van der Waals surface area contributed by atoms with Gasteiger partial charge in [-0.3, -0.25) is 9.59 Å². The van der Waals surface area contributed by atoms with Crippen molar-refractivity contribution in [1.29, 1.82) is 0 Å². The lowest BCUT2D eigenvalue weighted by Crippen LogP contribution is -2.53. The van der Waals surface area contributed by atoms with Gasteiger partial charge >= 0.3 is 6.09 Å². The van der Waals surface area contributed by atoms with Gasteiger partial charge in [0.2, 0.25) is 5.91 Å². The Morgan fingerprint density at radius 1 is 1.04 bits per heavy atom. The molecule has 0 radical (unpaired) electrons. The quantitative estimate of drug-likeness (QED) is 0.674. The molecule has 0 bridgehead atoms. The third-order valence-electron chi connectivity index (χ3n) is 3.83. The predicted octanol–water partition coefficient (Wildman–Crippen LogP) is 3.19. The number of alkyl carbamates (subject to hydrolysis) is 1. The van der Waals surface area contributed by atoms with Crippen LogP contribution in [0.3, 0.4) is 0 Å². The summed E-state index contributed by atoms with van der Waals surface area (Å²) in [5.74, 6) is -1.14. The van der Waals surface area contributed by atoms with E-state index >= 15 is 0 Å². The van der Waals surface area contributed by atoms with Gasteiger partial charge in [0.1, 0.15) is 18.3 Å². The van der Waals surface area contributed by atoms with Crippen LogP contribution in [-0.2, 0) is 20.7 Å². The minimum Gasteiger partial charge on any atom is -0.444 e. The maximum absolute atomic E-state index is 13.0. The van der Waals surface area contributed by atoms with Crippen molar-refractivity contribution < 1.29 is 23.5 Å². The second kappa shape index (κ2) is 10.8. The lowest BCUT2D eigenvalue weighted by atomic mass is 10.00. The van der Waals surface area contributed by atoms with Crippen LogP contribution in [0.4, 0.5) is 9.18 Å². The fourth-order valence-electron chi connectivity index (χ4n) is 2.61. The van der Waals surface area contributed by atoms with Crippen molar-refractivity contribution in [2.45, 2.75) is 65.1 Å². The number of alkyl halides is 1. The van der Waals surface area contributed by atoms with Crippen LogP contribution in [0.5, 0.6) is 0 Å². The summed E-state index contributed by atoms with van der Waals surface area (Å²) < 4.78 is 18.2. The summed E-state index contributed by atoms with van der Waals surface area (Å²) in [6.45, 7) is 7.81. The first-order valence-corrected chi connectivity index (χ1v) is 9.44. The highest BCUT2D eigenvalue weighted by Gasteiger charge is 2.29. The van der Waals surface area contributed by atoms with Gasteiger partial charge in [0.15, 0.2) is 5.78 Å². The molecule has 0 heterocycles. The first-order valence-electron chi connectivity index (χ1n) is 9.44. The van der Waals surface area contributed by atoms with E-state index in [-0.39, 0.29) is 12.3 Å². The lowest BCUT2D eigenvalue weighted by molar-refractivity contribution is -0.129. The second-order valence-electron chi connectivity index (χ2n) is 8.18. The second-order valence-corrected chi connectivity index (χ2v) is 8.18. The largest absolute Gasteiger partial charge is 0.444 e. The number of carbonyl (C=O) groups excluding carboxylic acids is 3. The van der Waals surface area contributed by atoms with Crippen LogP contribution in [0.1, 0.15) is 46.6 Å². The smallest absolute Gasteiger partial charge is 0.408 e. The van der Waals surface area contributed by atoms with Gasteiger partial charge in [-0.2, -0.15) is 0 Å². The van der Waals surface area contributed by atoms with E-state index in [2.05, 4.69) is 10.6 Å². The summed E-state index contributed by atoms with van der Waals surface area (Å²) >= 11 is 0. The molecule has 1 aromatic rings. The molecule has 0 aromatic heterocycles. The van der Waals surface area contributed by atoms with E-state index in [4.69, 9.17) is 4.74 Å². The minimum absolute atomic E-state index is 0.107. The first-order chi connectivity index (χ1) is 13.0. The summed E-state index contributed by atoms with van der Waals surface area (Å²) in [6.07, 6.45) is -0.187. The van der Waals surface area contributed by atoms with Crippen molar-refractivity contribution in [3.8, 4) is 0 Å². The predicted molar refractivity (Wildman–Crippen MR) is 106 cm³/mol. The van der Waals surface area contributed by atoms with Crippen molar-refractivity contribution in [3.63, 3.8) is 0 Å². The summed E-state index contributed by atoms with van der Waals surface area (Å²) in [4.78, 5) is 36.8. The highest BCUT2D eigenvalue weighted by Crippen LogP contribution is 2.11. The monoisotopic (exact) mass is 394 g/mol. The van der Waals surface area contributed by atoms with Gasteiger partial charge in [0.25, 0.3) is 0 Å². The number of ketones is 1. The Bertz CT molecular complexity index is 656. The SMILES string of the molecule is CC(C)C[C@H](NC(=O)OC(C)(C)C)C(=O)NC(Cc1ccccc1)C(=O)CF. The Labute approximate surface area is 166 Å². The van der Waals surface area contributed by atoms with Crippen LogP contribution < -0.4 is 10.6 Å². The fourth-order valence-corrected chi connectivity index (χ4v) is 2.61. The lowest BCUT2D eigenvalue weighted by Gasteiger charge is -2.25. The van der Waals surface area contributed by atoms with Crippen LogP contribution in [0, 0.1) is 5.92 Å². The molecule has 1 aromatic carbocycles. The summed E-state index contributed by atoms with van der Waals surface area (Å²) in [5, 5.41) is 5.14. The van der Waals surface area contributed by atoms with Crippen molar-refractivity contribution >= 4 is 17.8 Å². The number of carbonyl (C=O) groups is 3. The number of hydrogen-bond acceptors (Lipinski definition) is 4. The zero-order valence-electron chi connectivity index (χ0n) is 17.3. The van der Waals surface area contributed by atoms with E-state index in [9.17, 15) is 18.8 Å². The van der Waals surface area contributed by atoms with Gasteiger partial charge in [-0.05, 0) is 45.1 Å². The summed E-state index contributed by atoms with van der Waals surface area (Å²) in [6, 6.07) is 7.15. The maximum Gasteiger partial charge on any atom is 0.408 e. The molecule has 7 heteroatoms. The average Bonchev–Trinajstić information content (AvgIpc) is 2.58. The van der Waals surface area contributed by atoms with E-state index in [1.807, 2.05) is 19.9 Å². The number of nitrogens with one attached hydrogen (secondary N) is 2. The normalized spacial score (nSPS) is 13.5. The van der Waals surface area contributed by atoms with E-state index in [0.29, 0.717) is 6.42 Å². The van der Waals surface area contributed by atoms with Crippen molar-refractivity contribution in [3.05, 3.63) is 35.9 Å². The molecule has 1 rings (SSSR count). The molecule has 156 valence electrons. The molecule has 0 fully saturated rings. The van der Waals surface area contributed by atoms with E-state index < -0.39 is 42.1 Å². The van der Waals surface area contributed by atoms with Crippen LogP contribution in [0.25, 0.3) is 0 Å². The van der Waals surface area contributed by atoms with Crippen LogP contribution in [0.15, 0.2) is 30.3 Å². The Balaban J connectivity index is 2.88. The highest BCUT2D eigenvalue weighted by atomic mass is 19.1. The summed E-state index contributed by atoms with van der Waals surface area (Å²) in [7, 11) is 0. The molecule has 28 heavy (non-hydrogen) atoms. The number of ether oxygens (including phenoxy) is 1. The van der Waals surface area contributed by atoms with Crippen molar-refractivity contribution in [2.24, 2.45) is 5.92 Å². The van der Waals surface area contributed by atoms with Crippen LogP contribution >= 0.6 is 0 Å². The number of rotatable bonds is 9. The van der Waals surface area contributed by atoms with Gasteiger partial charge in [-0.1, -0.05) is 44.2 Å². The zero-order valence-corrected chi connectivity index (χ0v) is 17.3. The molecule has 6 nitrogen and oxygen atoms in total. The van der Waals surface area contributed by atoms with Gasteiger partial charge in [-0.25, -0.2) is 9.18 Å². The number of amides is 2. The maximum atomic E-state index is 13.0. The molecule has 0 spiro atoms. The van der Waals surface area contributed by atoms with Gasteiger partial charge in [0, 0.05) is 0 Å². The van der Waals surface area contributed by atoms with E-state index in [0.717, 1.165) is 5.56 Å². The molecule has 2 N–H and O–H groups in total. The molecule has 0 aliphatic carbocycles. The first kappa shape index (κ1) is 23.6. The average molecular weight is 394 g/mol. The van der Waals surface area contributed by atoms with Gasteiger partial charge < -0.3 is 15.4 Å². The van der Waals surface area contributed by atoms with Crippen molar-refractivity contribution in [1.82, 2.24) is 10.6 Å². The van der Waals surface area contributed by atoms with Gasteiger partial charge in [0.05, 0.1) is 6.04 Å². The Morgan fingerprint density at radius 3 is 2.14 bits per heavy atom. The molecule has 1 unspecified atom stereocenters. The van der Waals surface area contributed by atoms with Crippen LogP contribution in [-0.4, -0.2) is 42.1 Å². The molecule has 2 atom stereocenters. The number of halogens is 1. The van der Waals surface area contributed by atoms with E-state index in [1.165, 1.54) is 0 Å². The third kappa shape index (κ3) is 8.97. The standard InChI is InChI=1S/C21H31FN2O4/c1-14(2)11-17(24-20(27)28-21(3,4)5)19(26)23-16(18(25)13-22)12-15-9-7-6-8-10-15/h6-10,14,16-17H,11-13H2,1-5H3,(H,23,26)(H,24,27)/t16?,17-/m0/s1. The topological polar surface area (TPSA) is 84.5 Å². The molecule has 2 amide bonds. The van der Waals surface area contributed by atoms with E-state index in [1.54, 1.807) is 45.0 Å². The molecule has 0 aliphatic rings. The number of hydrogen-bond donors (Lipinski definition) is 2. The zero-order chi connectivity index (χ0) is 21.3. The number of benzene rings is 1. The minimum atomic E-state index is -1.17. The third-order valence-corrected chi connectivity index (χ3v) is 3.83. The van der Waals surface area contributed by atoms with Gasteiger partial charge in [-0.15, -0.1) is 0 Å². The fraction of sp³-hybridized carbons (Fsp3) is 0.571. The van der Waals surface area contributed by atoms with Crippen LogP contribution in [0.2, 0.25) is 0 Å². The summed E-state index contributed by atoms with van der Waals surface area (Å²) in [5.41, 5.74) is 0.0956.